The number of rotatable bonds is 5. The Balaban J connectivity index is 2.79. The molecular weight excluding hydrogens is 254 g/mol. The Kier molecular flexibility index (Phi) is 5.65. The number of sulfonamides is 1. The number of hydrogen-bond acceptors (Lipinski definition) is 4. The molecule has 0 amide bonds. The zero-order chi connectivity index (χ0) is 13.4. The smallest absolute Gasteiger partial charge is 0.234 e. The van der Waals surface area contributed by atoms with Crippen LogP contribution < -0.4 is 4.72 Å². The minimum atomic E-state index is -3.41. The van der Waals surface area contributed by atoms with Crippen LogP contribution in [0.15, 0.2) is 24.3 Å². The molecule has 0 bridgehead atoms. The van der Waals surface area contributed by atoms with Gasteiger partial charge in [-0.25, -0.2) is 8.42 Å². The normalized spacial score (nSPS) is 10.6. The van der Waals surface area contributed by atoms with E-state index in [1.165, 1.54) is 7.11 Å². The van der Waals surface area contributed by atoms with Gasteiger partial charge in [-0.1, -0.05) is 17.9 Å². The maximum Gasteiger partial charge on any atom is 0.234 e. The van der Waals surface area contributed by atoms with Gasteiger partial charge in [-0.15, -0.1) is 0 Å². The van der Waals surface area contributed by atoms with E-state index in [9.17, 15) is 8.42 Å². The van der Waals surface area contributed by atoms with E-state index >= 15 is 0 Å². The van der Waals surface area contributed by atoms with Crippen LogP contribution in [-0.2, 0) is 14.8 Å². The van der Waals surface area contributed by atoms with Crippen LogP contribution in [0.25, 0.3) is 0 Å². The van der Waals surface area contributed by atoms with Crippen LogP contribution >= 0.6 is 0 Å². The number of ether oxygens (including phenoxy) is 1. The van der Waals surface area contributed by atoms with Gasteiger partial charge in [0.25, 0.3) is 0 Å². The average molecular weight is 269 g/mol. The highest BCUT2D eigenvalue weighted by Gasteiger charge is 2.09. The summed E-state index contributed by atoms with van der Waals surface area (Å²) in [6.45, 7) is -0.0941. The van der Waals surface area contributed by atoms with Crippen LogP contribution in [0.3, 0.4) is 0 Å². The lowest BCUT2D eigenvalue weighted by Gasteiger charge is -2.07. The van der Waals surface area contributed by atoms with E-state index in [-0.39, 0.29) is 19.0 Å². The lowest BCUT2D eigenvalue weighted by molar-refractivity contribution is 0.217. The largest absolute Gasteiger partial charge is 0.384 e. The molecular formula is C12H15NO4S. The molecule has 0 radical (unpaired) electrons. The van der Waals surface area contributed by atoms with Gasteiger partial charge in [-0.3, -0.25) is 4.72 Å². The number of aliphatic hydroxyl groups excluding tert-OH is 1. The second-order valence-corrected chi connectivity index (χ2v) is 5.30. The van der Waals surface area contributed by atoms with Crippen LogP contribution in [0.4, 0.5) is 5.69 Å². The van der Waals surface area contributed by atoms with E-state index in [0.29, 0.717) is 11.3 Å². The Morgan fingerprint density at radius 1 is 1.44 bits per heavy atom. The van der Waals surface area contributed by atoms with Crippen molar-refractivity contribution in [1.82, 2.24) is 0 Å². The second-order valence-electron chi connectivity index (χ2n) is 3.45. The van der Waals surface area contributed by atoms with Crippen LogP contribution in [0, 0.1) is 11.8 Å². The Bertz CT molecular complexity index is 543. The fourth-order valence-corrected chi connectivity index (χ4v) is 2.20. The van der Waals surface area contributed by atoms with Gasteiger partial charge in [0.2, 0.25) is 10.0 Å². The maximum absolute atomic E-state index is 11.6. The summed E-state index contributed by atoms with van der Waals surface area (Å²) in [7, 11) is -1.96. The van der Waals surface area contributed by atoms with Crippen LogP contribution in [0.1, 0.15) is 5.56 Å². The van der Waals surface area contributed by atoms with E-state index in [0.717, 1.165) is 0 Å². The molecule has 1 aromatic carbocycles. The minimum Gasteiger partial charge on any atom is -0.384 e. The lowest BCUT2D eigenvalue weighted by atomic mass is 10.2. The lowest BCUT2D eigenvalue weighted by Crippen LogP contribution is -2.19. The molecule has 0 fully saturated rings. The van der Waals surface area contributed by atoms with Crippen LogP contribution in [0.2, 0.25) is 0 Å². The van der Waals surface area contributed by atoms with Gasteiger partial charge >= 0.3 is 0 Å². The molecule has 0 heterocycles. The van der Waals surface area contributed by atoms with E-state index in [1.807, 2.05) is 0 Å². The van der Waals surface area contributed by atoms with Gasteiger partial charge in [0.15, 0.2) is 0 Å². The highest BCUT2D eigenvalue weighted by molar-refractivity contribution is 7.92. The Morgan fingerprint density at radius 3 is 2.89 bits per heavy atom. The minimum absolute atomic E-state index is 0.101. The molecule has 0 aliphatic heterocycles. The number of aliphatic hydroxyl groups is 1. The molecule has 0 atom stereocenters. The van der Waals surface area contributed by atoms with Crippen molar-refractivity contribution in [3.63, 3.8) is 0 Å². The van der Waals surface area contributed by atoms with Gasteiger partial charge < -0.3 is 9.84 Å². The first-order valence-corrected chi connectivity index (χ1v) is 6.92. The van der Waals surface area contributed by atoms with Crippen molar-refractivity contribution in [3.8, 4) is 11.8 Å². The Hall–Kier alpha value is -1.55. The monoisotopic (exact) mass is 269 g/mol. The predicted molar refractivity (Wildman–Crippen MR) is 69.7 cm³/mol. The zero-order valence-electron chi connectivity index (χ0n) is 10.0. The third kappa shape index (κ3) is 5.19. The number of nitrogens with one attached hydrogen (secondary N) is 1. The molecule has 0 saturated heterocycles. The average Bonchev–Trinajstić information content (AvgIpc) is 2.34. The molecule has 0 aromatic heterocycles. The molecule has 0 unspecified atom stereocenters. The molecule has 1 rings (SSSR count). The SMILES string of the molecule is COCCS(=O)(=O)Nc1cccc(C#CCO)c1. The molecule has 0 spiro atoms. The van der Waals surface area contributed by atoms with Crippen molar-refractivity contribution in [1.29, 1.82) is 0 Å². The molecule has 5 nitrogen and oxygen atoms in total. The van der Waals surface area contributed by atoms with E-state index in [1.54, 1.807) is 24.3 Å². The third-order valence-electron chi connectivity index (χ3n) is 2.00. The van der Waals surface area contributed by atoms with Crippen molar-refractivity contribution in [2.45, 2.75) is 0 Å². The first-order valence-electron chi connectivity index (χ1n) is 5.26. The highest BCUT2D eigenvalue weighted by Crippen LogP contribution is 2.11. The fourth-order valence-electron chi connectivity index (χ4n) is 1.23. The summed E-state index contributed by atoms with van der Waals surface area (Å²) in [5.74, 6) is 5.10. The van der Waals surface area contributed by atoms with Gasteiger partial charge in [0.05, 0.1) is 12.4 Å². The standard InChI is InChI=1S/C12H15NO4S/c1-17-8-9-18(15,16)13-12-6-2-4-11(10-12)5-3-7-14/h2,4,6,10,13-14H,7-9H2,1H3. The summed E-state index contributed by atoms with van der Waals surface area (Å²) in [6, 6.07) is 6.66. The first-order chi connectivity index (χ1) is 8.57. The molecule has 0 saturated carbocycles. The Morgan fingerprint density at radius 2 is 2.22 bits per heavy atom. The molecule has 6 heteroatoms. The van der Waals surface area contributed by atoms with Crippen molar-refractivity contribution in [3.05, 3.63) is 29.8 Å². The van der Waals surface area contributed by atoms with Crippen molar-refractivity contribution in [2.75, 3.05) is 30.8 Å². The second kappa shape index (κ2) is 7.01. The van der Waals surface area contributed by atoms with Crippen molar-refractivity contribution >= 4 is 15.7 Å². The van der Waals surface area contributed by atoms with E-state index in [4.69, 9.17) is 9.84 Å². The molecule has 98 valence electrons. The predicted octanol–water partition coefficient (Wildman–Crippen LogP) is 0.418. The molecule has 0 aliphatic carbocycles. The number of benzene rings is 1. The number of anilines is 1. The third-order valence-corrected chi connectivity index (χ3v) is 3.25. The zero-order valence-corrected chi connectivity index (χ0v) is 10.8. The maximum atomic E-state index is 11.6. The topological polar surface area (TPSA) is 75.6 Å². The summed E-state index contributed by atoms with van der Waals surface area (Å²) in [6.07, 6.45) is 0. The Labute approximate surface area is 107 Å². The van der Waals surface area contributed by atoms with E-state index in [2.05, 4.69) is 16.6 Å². The molecule has 0 aliphatic rings. The van der Waals surface area contributed by atoms with Crippen LogP contribution in [-0.4, -0.2) is 39.6 Å². The molecule has 18 heavy (non-hydrogen) atoms. The summed E-state index contributed by atoms with van der Waals surface area (Å²) >= 11 is 0. The number of hydrogen-bond donors (Lipinski definition) is 2. The van der Waals surface area contributed by atoms with Crippen LogP contribution in [0.5, 0.6) is 0 Å². The van der Waals surface area contributed by atoms with Gasteiger partial charge in [0.1, 0.15) is 6.61 Å². The van der Waals surface area contributed by atoms with Gasteiger partial charge in [0, 0.05) is 18.4 Å². The van der Waals surface area contributed by atoms with Crippen molar-refractivity contribution in [2.24, 2.45) is 0 Å². The van der Waals surface area contributed by atoms with Gasteiger partial charge in [-0.05, 0) is 18.2 Å². The number of methoxy groups -OCH3 is 1. The van der Waals surface area contributed by atoms with Crippen molar-refractivity contribution < 1.29 is 18.3 Å². The molecule has 1 aromatic rings. The fraction of sp³-hybridized carbons (Fsp3) is 0.333. The van der Waals surface area contributed by atoms with Gasteiger partial charge in [-0.2, -0.15) is 0 Å². The molecule has 2 N–H and O–H groups in total. The summed E-state index contributed by atoms with van der Waals surface area (Å²) in [5.41, 5.74) is 1.08. The highest BCUT2D eigenvalue weighted by atomic mass is 32.2. The van der Waals surface area contributed by atoms with E-state index < -0.39 is 10.0 Å². The summed E-state index contributed by atoms with van der Waals surface area (Å²) < 4.78 is 30.4. The summed E-state index contributed by atoms with van der Waals surface area (Å²) in [5, 5.41) is 8.58. The summed E-state index contributed by atoms with van der Waals surface area (Å²) in [4.78, 5) is 0. The first kappa shape index (κ1) is 14.5. The quantitative estimate of drug-likeness (QED) is 0.760.